The van der Waals surface area contributed by atoms with Gasteiger partial charge in [-0.2, -0.15) is 0 Å². The van der Waals surface area contributed by atoms with Crippen molar-refractivity contribution in [2.24, 2.45) is 0 Å². The molecule has 0 spiro atoms. The summed E-state index contributed by atoms with van der Waals surface area (Å²) in [5.41, 5.74) is 0. The van der Waals surface area contributed by atoms with Crippen molar-refractivity contribution in [2.45, 2.75) is 38.6 Å². The van der Waals surface area contributed by atoms with Gasteiger partial charge in [0.25, 0.3) is 0 Å². The minimum absolute atomic E-state index is 0.702. The van der Waals surface area contributed by atoms with Crippen molar-refractivity contribution in [3.63, 3.8) is 0 Å². The molecule has 0 bridgehead atoms. The highest BCUT2D eigenvalue weighted by atomic mass is 15.1. The lowest BCUT2D eigenvalue weighted by Crippen LogP contribution is -2.30. The maximum atomic E-state index is 3.74. The summed E-state index contributed by atoms with van der Waals surface area (Å²) in [6.45, 7) is 8.36. The summed E-state index contributed by atoms with van der Waals surface area (Å²) >= 11 is 0. The Hall–Kier alpha value is -0.340. The zero-order valence-corrected chi connectivity index (χ0v) is 10.1. The largest absolute Gasteiger partial charge is 0.320 e. The van der Waals surface area contributed by atoms with Crippen LogP contribution < -0.4 is 5.32 Å². The highest BCUT2D eigenvalue weighted by molar-refractivity contribution is 4.69. The molecule has 14 heavy (non-hydrogen) atoms. The lowest BCUT2D eigenvalue weighted by Gasteiger charge is -2.24. The van der Waals surface area contributed by atoms with Crippen LogP contribution in [-0.2, 0) is 0 Å². The minimum Gasteiger partial charge on any atom is -0.320 e. The predicted molar refractivity (Wildman–Crippen MR) is 64.7 cm³/mol. The van der Waals surface area contributed by atoms with E-state index in [4.69, 9.17) is 0 Å². The summed E-state index contributed by atoms with van der Waals surface area (Å²) in [6, 6.07) is 0.702. The van der Waals surface area contributed by atoms with E-state index in [1.807, 2.05) is 13.1 Å². The van der Waals surface area contributed by atoms with Gasteiger partial charge in [0.2, 0.25) is 0 Å². The first-order valence-corrected chi connectivity index (χ1v) is 5.68. The van der Waals surface area contributed by atoms with Crippen LogP contribution in [0, 0.1) is 0 Å². The standard InChI is InChI=1S/C12H26N2/c1-5-6-7-11-14(4)12(2)9-8-10-13-3/h5,12-13H,1,6-11H2,2-4H3. The zero-order valence-electron chi connectivity index (χ0n) is 10.1. The van der Waals surface area contributed by atoms with Crippen molar-refractivity contribution in [2.75, 3.05) is 27.2 Å². The molecule has 0 heterocycles. The maximum Gasteiger partial charge on any atom is 0.00643 e. The Bertz CT molecular complexity index is 134. The summed E-state index contributed by atoms with van der Waals surface area (Å²) in [5, 5.41) is 3.18. The average molecular weight is 198 g/mol. The van der Waals surface area contributed by atoms with Crippen LogP contribution in [0.15, 0.2) is 12.7 Å². The van der Waals surface area contributed by atoms with Crippen molar-refractivity contribution in [3.8, 4) is 0 Å². The van der Waals surface area contributed by atoms with Crippen LogP contribution in [0.3, 0.4) is 0 Å². The first kappa shape index (κ1) is 13.7. The van der Waals surface area contributed by atoms with Crippen LogP contribution in [0.25, 0.3) is 0 Å². The molecule has 0 saturated heterocycles. The van der Waals surface area contributed by atoms with Crippen LogP contribution in [0.2, 0.25) is 0 Å². The number of hydrogen-bond acceptors (Lipinski definition) is 2. The van der Waals surface area contributed by atoms with Crippen LogP contribution in [0.5, 0.6) is 0 Å². The van der Waals surface area contributed by atoms with Gasteiger partial charge in [-0.3, -0.25) is 0 Å². The second-order valence-corrected chi connectivity index (χ2v) is 4.01. The van der Waals surface area contributed by atoms with Crippen molar-refractivity contribution in [1.29, 1.82) is 0 Å². The van der Waals surface area contributed by atoms with E-state index < -0.39 is 0 Å². The molecule has 0 aliphatic heterocycles. The molecule has 0 aromatic heterocycles. The smallest absolute Gasteiger partial charge is 0.00643 e. The second kappa shape index (κ2) is 9.22. The fraction of sp³-hybridized carbons (Fsp3) is 0.833. The molecule has 0 aromatic carbocycles. The Morgan fingerprint density at radius 2 is 2.14 bits per heavy atom. The van der Waals surface area contributed by atoms with E-state index in [2.05, 4.69) is 30.8 Å². The molecular formula is C12H26N2. The molecule has 1 N–H and O–H groups in total. The molecule has 2 heteroatoms. The predicted octanol–water partition coefficient (Wildman–Crippen LogP) is 2.27. The normalized spacial score (nSPS) is 13.1. The second-order valence-electron chi connectivity index (χ2n) is 4.01. The number of nitrogens with one attached hydrogen (secondary N) is 1. The van der Waals surface area contributed by atoms with E-state index in [0.717, 1.165) is 13.0 Å². The first-order valence-electron chi connectivity index (χ1n) is 5.68. The Balaban J connectivity index is 3.43. The van der Waals surface area contributed by atoms with Crippen LogP contribution >= 0.6 is 0 Å². The SMILES string of the molecule is C=CCCCN(C)C(C)CCCNC. The summed E-state index contributed by atoms with van der Waals surface area (Å²) in [6.07, 6.45) is 6.92. The molecule has 0 aromatic rings. The Morgan fingerprint density at radius 3 is 2.71 bits per heavy atom. The maximum absolute atomic E-state index is 3.74. The van der Waals surface area contributed by atoms with Crippen molar-refractivity contribution >= 4 is 0 Å². The van der Waals surface area contributed by atoms with E-state index in [1.165, 1.54) is 25.8 Å². The molecule has 1 unspecified atom stereocenters. The van der Waals surface area contributed by atoms with Gasteiger partial charge < -0.3 is 10.2 Å². The molecule has 0 rings (SSSR count). The summed E-state index contributed by atoms with van der Waals surface area (Å²) < 4.78 is 0. The van der Waals surface area contributed by atoms with Gasteiger partial charge in [-0.15, -0.1) is 6.58 Å². The Kier molecular flexibility index (Phi) is 9.00. The number of rotatable bonds is 9. The number of unbranched alkanes of at least 4 members (excludes halogenated alkanes) is 1. The van der Waals surface area contributed by atoms with E-state index in [1.54, 1.807) is 0 Å². The van der Waals surface area contributed by atoms with Gasteiger partial charge in [0.15, 0.2) is 0 Å². The van der Waals surface area contributed by atoms with E-state index in [9.17, 15) is 0 Å². The van der Waals surface area contributed by atoms with Crippen LogP contribution in [0.1, 0.15) is 32.6 Å². The topological polar surface area (TPSA) is 15.3 Å². The van der Waals surface area contributed by atoms with Gasteiger partial charge in [-0.25, -0.2) is 0 Å². The fourth-order valence-electron chi connectivity index (χ4n) is 1.50. The fourth-order valence-corrected chi connectivity index (χ4v) is 1.50. The highest BCUT2D eigenvalue weighted by Gasteiger charge is 2.07. The molecular weight excluding hydrogens is 172 g/mol. The lowest BCUT2D eigenvalue weighted by atomic mass is 10.1. The van der Waals surface area contributed by atoms with Gasteiger partial charge >= 0.3 is 0 Å². The molecule has 0 radical (unpaired) electrons. The first-order chi connectivity index (χ1) is 6.72. The van der Waals surface area contributed by atoms with Gasteiger partial charge in [0.1, 0.15) is 0 Å². The van der Waals surface area contributed by atoms with Gasteiger partial charge in [0.05, 0.1) is 0 Å². The number of allylic oxidation sites excluding steroid dienone is 1. The molecule has 0 aliphatic rings. The molecule has 0 saturated carbocycles. The lowest BCUT2D eigenvalue weighted by molar-refractivity contribution is 0.241. The molecule has 2 nitrogen and oxygen atoms in total. The third kappa shape index (κ3) is 7.10. The van der Waals surface area contributed by atoms with E-state index in [-0.39, 0.29) is 0 Å². The minimum atomic E-state index is 0.702. The van der Waals surface area contributed by atoms with Gasteiger partial charge in [0, 0.05) is 6.04 Å². The average Bonchev–Trinajstić information content (AvgIpc) is 2.18. The summed E-state index contributed by atoms with van der Waals surface area (Å²) in [4.78, 5) is 2.44. The number of nitrogens with zero attached hydrogens (tertiary/aromatic N) is 1. The van der Waals surface area contributed by atoms with Crippen molar-refractivity contribution in [1.82, 2.24) is 10.2 Å². The Morgan fingerprint density at radius 1 is 1.43 bits per heavy atom. The number of hydrogen-bond donors (Lipinski definition) is 1. The molecule has 0 aliphatic carbocycles. The summed E-state index contributed by atoms with van der Waals surface area (Å²) in [7, 11) is 4.23. The summed E-state index contributed by atoms with van der Waals surface area (Å²) in [5.74, 6) is 0. The van der Waals surface area contributed by atoms with Crippen LogP contribution in [0.4, 0.5) is 0 Å². The molecule has 84 valence electrons. The third-order valence-electron chi connectivity index (χ3n) is 2.72. The van der Waals surface area contributed by atoms with Crippen molar-refractivity contribution in [3.05, 3.63) is 12.7 Å². The van der Waals surface area contributed by atoms with Crippen LogP contribution in [-0.4, -0.2) is 38.1 Å². The highest BCUT2D eigenvalue weighted by Crippen LogP contribution is 2.05. The van der Waals surface area contributed by atoms with Gasteiger partial charge in [-0.05, 0) is 59.8 Å². The molecule has 1 atom stereocenters. The molecule has 0 fully saturated rings. The van der Waals surface area contributed by atoms with E-state index >= 15 is 0 Å². The monoisotopic (exact) mass is 198 g/mol. The molecule has 0 amide bonds. The quantitative estimate of drug-likeness (QED) is 0.452. The van der Waals surface area contributed by atoms with Gasteiger partial charge in [-0.1, -0.05) is 6.08 Å². The third-order valence-corrected chi connectivity index (χ3v) is 2.72. The zero-order chi connectivity index (χ0) is 10.8. The van der Waals surface area contributed by atoms with Crippen molar-refractivity contribution < 1.29 is 0 Å². The Labute approximate surface area is 89.4 Å². The van der Waals surface area contributed by atoms with E-state index in [0.29, 0.717) is 6.04 Å².